The van der Waals surface area contributed by atoms with Gasteiger partial charge >= 0.3 is 0 Å². The van der Waals surface area contributed by atoms with Crippen LogP contribution in [0, 0.1) is 6.92 Å². The molecule has 2 aromatic heterocycles. The zero-order chi connectivity index (χ0) is 40.6. The zero-order valence-electron chi connectivity index (χ0n) is 32.0. The summed E-state index contributed by atoms with van der Waals surface area (Å²) in [6.45, 7) is 2.34. The molecule has 0 spiro atoms. The minimum Gasteiger partial charge on any atom is -0.508 e. The van der Waals surface area contributed by atoms with Crippen molar-refractivity contribution in [1.82, 2.24) is 31.2 Å². The Kier molecular flexibility index (Phi) is 15.8. The number of halogens is 1. The van der Waals surface area contributed by atoms with Crippen molar-refractivity contribution in [2.75, 3.05) is 19.6 Å². The van der Waals surface area contributed by atoms with Gasteiger partial charge in [-0.3, -0.25) is 24.2 Å². The second kappa shape index (κ2) is 21.4. The van der Waals surface area contributed by atoms with Gasteiger partial charge in [-0.25, -0.2) is 0 Å². The van der Waals surface area contributed by atoms with Gasteiger partial charge in [0.2, 0.25) is 23.6 Å². The van der Waals surface area contributed by atoms with Gasteiger partial charge in [-0.15, -0.1) is 0 Å². The van der Waals surface area contributed by atoms with Gasteiger partial charge in [-0.05, 0) is 109 Å². The normalized spacial score (nSPS) is 12.7. The van der Waals surface area contributed by atoms with Crippen LogP contribution in [-0.2, 0) is 44.9 Å². The second-order valence-electron chi connectivity index (χ2n) is 13.9. The lowest BCUT2D eigenvalue weighted by Gasteiger charge is -2.21. The molecule has 0 aliphatic heterocycles. The molecule has 13 heteroatoms. The number of nitrogens with two attached hydrogens (primary N) is 1. The molecule has 0 bridgehead atoms. The summed E-state index contributed by atoms with van der Waals surface area (Å²) in [4.78, 5) is 59.7. The van der Waals surface area contributed by atoms with Gasteiger partial charge in [0.25, 0.3) is 0 Å². The third-order valence-corrected chi connectivity index (χ3v) is 9.81. The Labute approximate surface area is 337 Å². The standard InChI is InChI=1S/C37H43N7O5.C7H7Cl/c38-15-4-9-34(46)43-33(20-27-22-41-31-11-10-28(45)21-30(27)31)37(49)42-23-35(47)44-32(19-24-12-16-39-17-13-24)36(48)40-18-14-26-7-3-6-25-5-1-2-8-29(25)26;1-6-2-4-7(8)5-3-6/h2-3,6-8,10-13,16-17,21-22,32-33,41,45H,1,4-5,9,14-15,18-20,23,38H2,(H,40,48)(H,42,49)(H,43,46)(H,44,47);2-5H,1H3/t32-,33-;/m0./s1. The van der Waals surface area contributed by atoms with E-state index in [4.69, 9.17) is 17.3 Å². The number of pyridine rings is 1. The number of aromatic amines is 1. The van der Waals surface area contributed by atoms with Crippen LogP contribution in [0.4, 0.5) is 0 Å². The second-order valence-corrected chi connectivity index (χ2v) is 14.4. The maximum Gasteiger partial charge on any atom is 0.243 e. The van der Waals surface area contributed by atoms with Crippen molar-refractivity contribution in [1.29, 1.82) is 0 Å². The van der Waals surface area contributed by atoms with Gasteiger partial charge < -0.3 is 37.1 Å². The first kappa shape index (κ1) is 42.2. The minimum atomic E-state index is -1.01. The van der Waals surface area contributed by atoms with E-state index in [2.05, 4.69) is 55.5 Å². The third kappa shape index (κ3) is 13.0. The topological polar surface area (TPSA) is 191 Å². The highest BCUT2D eigenvalue weighted by Crippen LogP contribution is 2.25. The van der Waals surface area contributed by atoms with Crippen molar-refractivity contribution in [3.8, 4) is 5.75 Å². The lowest BCUT2D eigenvalue weighted by atomic mass is 9.92. The molecule has 2 heterocycles. The highest BCUT2D eigenvalue weighted by molar-refractivity contribution is 6.30. The summed E-state index contributed by atoms with van der Waals surface area (Å²) >= 11 is 5.61. The number of aryl methyl sites for hydroxylation is 2. The molecule has 3 aromatic carbocycles. The first-order valence-corrected chi connectivity index (χ1v) is 19.5. The van der Waals surface area contributed by atoms with E-state index in [0.717, 1.165) is 34.5 Å². The quantitative estimate of drug-likeness (QED) is 0.0744. The monoisotopic (exact) mass is 791 g/mol. The Morgan fingerprint density at radius 1 is 0.895 bits per heavy atom. The molecule has 12 nitrogen and oxygen atoms in total. The van der Waals surface area contributed by atoms with Crippen LogP contribution < -0.4 is 27.0 Å². The molecular formula is C44H50ClN7O5. The molecule has 57 heavy (non-hydrogen) atoms. The fourth-order valence-corrected chi connectivity index (χ4v) is 6.65. The van der Waals surface area contributed by atoms with Crippen molar-refractivity contribution in [3.05, 3.63) is 136 Å². The van der Waals surface area contributed by atoms with E-state index in [9.17, 15) is 24.3 Å². The Morgan fingerprint density at radius 2 is 1.63 bits per heavy atom. The van der Waals surface area contributed by atoms with Crippen LogP contribution in [0.2, 0.25) is 5.02 Å². The molecule has 0 saturated heterocycles. The van der Waals surface area contributed by atoms with Crippen molar-refractivity contribution in [3.63, 3.8) is 0 Å². The molecule has 8 N–H and O–H groups in total. The third-order valence-electron chi connectivity index (χ3n) is 9.55. The number of fused-ring (bicyclic) bond motifs is 2. The smallest absolute Gasteiger partial charge is 0.243 e. The average molecular weight is 792 g/mol. The van der Waals surface area contributed by atoms with E-state index < -0.39 is 30.4 Å². The molecule has 4 amide bonds. The number of rotatable bonds is 16. The van der Waals surface area contributed by atoms with Crippen molar-refractivity contribution >= 4 is 52.2 Å². The number of benzene rings is 3. The SMILES string of the molecule is Cc1ccc(Cl)cc1.NCCCC(=O)N[C@@H](Cc1c[nH]c2ccc(O)cc12)C(=O)NCC(=O)N[C@@H](Cc1ccncc1)C(=O)NCCc1cccc2c1C=CCC2. The molecule has 0 fully saturated rings. The van der Waals surface area contributed by atoms with Crippen LogP contribution in [0.15, 0.2) is 97.5 Å². The molecule has 0 radical (unpaired) electrons. The number of aromatic hydroxyl groups is 1. The molecule has 6 rings (SSSR count). The number of amides is 4. The Hall–Kier alpha value is -5.98. The number of phenolic OH excluding ortho intramolecular Hbond substituents is 1. The number of allylic oxidation sites excluding steroid dienone is 1. The van der Waals surface area contributed by atoms with Crippen LogP contribution in [-0.4, -0.2) is 70.4 Å². The van der Waals surface area contributed by atoms with Gasteiger partial charge in [0.15, 0.2) is 0 Å². The number of H-pyrrole nitrogens is 1. The number of hydrogen-bond donors (Lipinski definition) is 7. The van der Waals surface area contributed by atoms with Crippen molar-refractivity contribution in [2.45, 2.75) is 64.0 Å². The lowest BCUT2D eigenvalue weighted by Crippen LogP contribution is -2.53. The summed E-state index contributed by atoms with van der Waals surface area (Å²) in [5, 5.41) is 22.6. The highest BCUT2D eigenvalue weighted by atomic mass is 35.5. The van der Waals surface area contributed by atoms with Crippen LogP contribution in [0.5, 0.6) is 5.75 Å². The maximum absolute atomic E-state index is 13.4. The van der Waals surface area contributed by atoms with E-state index in [1.54, 1.807) is 48.9 Å². The van der Waals surface area contributed by atoms with E-state index in [1.807, 2.05) is 37.3 Å². The van der Waals surface area contributed by atoms with E-state index in [1.165, 1.54) is 16.7 Å². The molecule has 1 aliphatic carbocycles. The Bertz CT molecular complexity index is 2130. The number of aromatic nitrogens is 2. The maximum atomic E-state index is 13.4. The lowest BCUT2D eigenvalue weighted by molar-refractivity contribution is -0.131. The number of nitrogens with zero attached hydrogens (tertiary/aromatic N) is 1. The van der Waals surface area contributed by atoms with Crippen LogP contribution in [0.1, 0.15) is 52.6 Å². The minimum absolute atomic E-state index is 0.0690. The van der Waals surface area contributed by atoms with Crippen molar-refractivity contribution in [2.24, 2.45) is 5.73 Å². The molecule has 298 valence electrons. The highest BCUT2D eigenvalue weighted by Gasteiger charge is 2.25. The molecular weight excluding hydrogens is 742 g/mol. The predicted molar refractivity (Wildman–Crippen MR) is 223 cm³/mol. The predicted octanol–water partition coefficient (Wildman–Crippen LogP) is 4.85. The molecule has 0 saturated carbocycles. The van der Waals surface area contributed by atoms with Gasteiger partial charge in [-0.2, -0.15) is 0 Å². The van der Waals surface area contributed by atoms with Gasteiger partial charge in [0.05, 0.1) is 6.54 Å². The van der Waals surface area contributed by atoms with Crippen LogP contribution in [0.3, 0.4) is 0 Å². The van der Waals surface area contributed by atoms with Gasteiger partial charge in [0, 0.05) is 60.3 Å². The first-order valence-electron chi connectivity index (χ1n) is 19.1. The largest absolute Gasteiger partial charge is 0.508 e. The van der Waals surface area contributed by atoms with E-state index in [0.29, 0.717) is 36.9 Å². The number of nitrogens with one attached hydrogen (secondary N) is 5. The molecule has 0 unspecified atom stereocenters. The number of phenols is 1. The summed E-state index contributed by atoms with van der Waals surface area (Å²) in [5.74, 6) is -1.75. The summed E-state index contributed by atoms with van der Waals surface area (Å²) in [6.07, 6.45) is 12.8. The first-order chi connectivity index (χ1) is 27.6. The number of carbonyl (C=O) groups is 4. The van der Waals surface area contributed by atoms with Crippen molar-refractivity contribution < 1.29 is 24.3 Å². The number of hydrogen-bond acceptors (Lipinski definition) is 7. The summed E-state index contributed by atoms with van der Waals surface area (Å²) in [7, 11) is 0. The Balaban J connectivity index is 0.000000690. The van der Waals surface area contributed by atoms with Crippen LogP contribution in [0.25, 0.3) is 17.0 Å². The zero-order valence-corrected chi connectivity index (χ0v) is 32.8. The molecule has 5 aromatic rings. The summed E-state index contributed by atoms with van der Waals surface area (Å²) in [6, 6.07) is 20.5. The summed E-state index contributed by atoms with van der Waals surface area (Å²) < 4.78 is 0. The van der Waals surface area contributed by atoms with Crippen LogP contribution >= 0.6 is 11.6 Å². The fraction of sp³-hybridized carbons (Fsp3) is 0.295. The van der Waals surface area contributed by atoms with Gasteiger partial charge in [-0.1, -0.05) is 59.6 Å². The fourth-order valence-electron chi connectivity index (χ4n) is 6.53. The Morgan fingerprint density at radius 3 is 2.39 bits per heavy atom. The summed E-state index contributed by atoms with van der Waals surface area (Å²) in [5.41, 5.74) is 12.7. The van der Waals surface area contributed by atoms with E-state index in [-0.39, 0.29) is 36.8 Å². The van der Waals surface area contributed by atoms with E-state index >= 15 is 0 Å². The molecule has 1 aliphatic rings. The average Bonchev–Trinajstić information content (AvgIpc) is 3.61. The van der Waals surface area contributed by atoms with Gasteiger partial charge in [0.1, 0.15) is 17.8 Å². The molecule has 2 atom stereocenters. The number of carbonyl (C=O) groups excluding carboxylic acids is 4.